The van der Waals surface area contributed by atoms with Crippen molar-refractivity contribution in [3.05, 3.63) is 0 Å². The molecule has 0 aromatic carbocycles. The summed E-state index contributed by atoms with van der Waals surface area (Å²) in [5, 5.41) is 3.48. The normalized spacial score (nSPS) is 36.3. The number of hydrogen-bond acceptors (Lipinski definition) is 3. The summed E-state index contributed by atoms with van der Waals surface area (Å²) in [4.78, 5) is 14.6. The van der Waals surface area contributed by atoms with E-state index in [0.717, 1.165) is 38.8 Å². The molecule has 2 unspecified atom stereocenters. The number of methoxy groups -OCH3 is 1. The Morgan fingerprint density at radius 2 is 2.12 bits per heavy atom. The van der Waals surface area contributed by atoms with Crippen LogP contribution in [0, 0.1) is 0 Å². The van der Waals surface area contributed by atoms with E-state index in [1.165, 1.54) is 12.8 Å². The standard InChI is InChI=1S/C13H22N2O2/c1-17-11-5-4-10(8-11)15-9-14-13(12(15)16)6-2-3-7-13/h10-11,14H,2-9H2,1H3. The zero-order valence-corrected chi connectivity index (χ0v) is 10.6. The molecule has 17 heavy (non-hydrogen) atoms. The Bertz CT molecular complexity index is 313. The van der Waals surface area contributed by atoms with Crippen LogP contribution in [0.5, 0.6) is 0 Å². The van der Waals surface area contributed by atoms with Crippen molar-refractivity contribution < 1.29 is 9.53 Å². The maximum atomic E-state index is 12.5. The highest BCUT2D eigenvalue weighted by Gasteiger charge is 2.50. The molecule has 4 nitrogen and oxygen atoms in total. The molecule has 1 heterocycles. The summed E-state index contributed by atoms with van der Waals surface area (Å²) in [7, 11) is 1.77. The number of nitrogens with zero attached hydrogens (tertiary/aromatic N) is 1. The van der Waals surface area contributed by atoms with Crippen molar-refractivity contribution >= 4 is 5.91 Å². The fraction of sp³-hybridized carbons (Fsp3) is 0.923. The van der Waals surface area contributed by atoms with Crippen LogP contribution in [0.25, 0.3) is 0 Å². The maximum absolute atomic E-state index is 12.5. The number of nitrogens with one attached hydrogen (secondary N) is 1. The van der Waals surface area contributed by atoms with Gasteiger partial charge < -0.3 is 9.64 Å². The fourth-order valence-corrected chi connectivity index (χ4v) is 3.74. The summed E-state index contributed by atoms with van der Waals surface area (Å²) >= 11 is 0. The van der Waals surface area contributed by atoms with E-state index < -0.39 is 0 Å². The van der Waals surface area contributed by atoms with Crippen LogP contribution < -0.4 is 5.32 Å². The maximum Gasteiger partial charge on any atom is 0.244 e. The second-order valence-electron chi connectivity index (χ2n) is 5.72. The van der Waals surface area contributed by atoms with Gasteiger partial charge in [0.05, 0.1) is 18.3 Å². The van der Waals surface area contributed by atoms with Crippen molar-refractivity contribution in [2.45, 2.75) is 62.6 Å². The predicted octanol–water partition coefficient (Wildman–Crippen LogP) is 1.26. The third-order valence-corrected chi connectivity index (χ3v) is 4.85. The van der Waals surface area contributed by atoms with E-state index in [1.807, 2.05) is 0 Å². The smallest absolute Gasteiger partial charge is 0.244 e. The van der Waals surface area contributed by atoms with E-state index >= 15 is 0 Å². The lowest BCUT2D eigenvalue weighted by molar-refractivity contribution is -0.134. The highest BCUT2D eigenvalue weighted by molar-refractivity contribution is 5.89. The Balaban J connectivity index is 1.68. The minimum atomic E-state index is -0.189. The molecule has 0 bridgehead atoms. The summed E-state index contributed by atoms with van der Waals surface area (Å²) in [5.74, 6) is 0.358. The summed E-state index contributed by atoms with van der Waals surface area (Å²) < 4.78 is 5.39. The Labute approximate surface area is 103 Å². The number of carbonyl (C=O) groups excluding carboxylic acids is 1. The molecule has 1 N–H and O–H groups in total. The molecule has 2 aliphatic carbocycles. The van der Waals surface area contributed by atoms with Crippen molar-refractivity contribution in [3.8, 4) is 0 Å². The van der Waals surface area contributed by atoms with Crippen molar-refractivity contribution in [2.75, 3.05) is 13.8 Å². The molecule has 0 radical (unpaired) electrons. The lowest BCUT2D eigenvalue weighted by Gasteiger charge is -2.26. The topological polar surface area (TPSA) is 41.6 Å². The van der Waals surface area contributed by atoms with Gasteiger partial charge in [0.2, 0.25) is 5.91 Å². The second-order valence-corrected chi connectivity index (χ2v) is 5.72. The lowest BCUT2D eigenvalue weighted by atomic mass is 9.97. The van der Waals surface area contributed by atoms with E-state index in [2.05, 4.69) is 10.2 Å². The molecule has 3 aliphatic rings. The number of rotatable bonds is 2. The monoisotopic (exact) mass is 238 g/mol. The molecule has 3 rings (SSSR count). The summed E-state index contributed by atoms with van der Waals surface area (Å²) in [6, 6.07) is 0.403. The van der Waals surface area contributed by atoms with Gasteiger partial charge in [-0.05, 0) is 32.1 Å². The summed E-state index contributed by atoms with van der Waals surface area (Å²) in [6.45, 7) is 0.750. The minimum absolute atomic E-state index is 0.189. The summed E-state index contributed by atoms with van der Waals surface area (Å²) in [5.41, 5.74) is -0.189. The summed E-state index contributed by atoms with van der Waals surface area (Å²) in [6.07, 6.45) is 8.01. The van der Waals surface area contributed by atoms with Gasteiger partial charge in [-0.3, -0.25) is 10.1 Å². The Hall–Kier alpha value is -0.610. The highest BCUT2D eigenvalue weighted by Crippen LogP contribution is 2.37. The van der Waals surface area contributed by atoms with Crippen LogP contribution in [0.4, 0.5) is 0 Å². The van der Waals surface area contributed by atoms with Gasteiger partial charge >= 0.3 is 0 Å². The number of hydrogen-bond donors (Lipinski definition) is 1. The van der Waals surface area contributed by atoms with Crippen molar-refractivity contribution in [3.63, 3.8) is 0 Å². The molecule has 4 heteroatoms. The SMILES string of the molecule is COC1CCC(N2CNC3(CCCC3)C2=O)C1. The van der Waals surface area contributed by atoms with E-state index in [9.17, 15) is 4.79 Å². The molecule has 1 saturated heterocycles. The Morgan fingerprint density at radius 3 is 2.76 bits per heavy atom. The van der Waals surface area contributed by atoms with E-state index in [-0.39, 0.29) is 5.54 Å². The Kier molecular flexibility index (Phi) is 2.87. The average Bonchev–Trinajstić information content (AvgIpc) is 3.03. The number of amides is 1. The largest absolute Gasteiger partial charge is 0.381 e. The van der Waals surface area contributed by atoms with Gasteiger partial charge in [0, 0.05) is 13.2 Å². The van der Waals surface area contributed by atoms with Crippen LogP contribution in [0.2, 0.25) is 0 Å². The van der Waals surface area contributed by atoms with Gasteiger partial charge in [0.15, 0.2) is 0 Å². The van der Waals surface area contributed by atoms with Gasteiger partial charge in [0.1, 0.15) is 0 Å². The first-order chi connectivity index (χ1) is 8.25. The van der Waals surface area contributed by atoms with Crippen molar-refractivity contribution in [2.24, 2.45) is 0 Å². The number of ether oxygens (including phenoxy) is 1. The molecule has 1 aliphatic heterocycles. The van der Waals surface area contributed by atoms with E-state index in [4.69, 9.17) is 4.74 Å². The van der Waals surface area contributed by atoms with Gasteiger partial charge in [-0.25, -0.2) is 0 Å². The first-order valence-electron chi connectivity index (χ1n) is 6.84. The molecule has 96 valence electrons. The van der Waals surface area contributed by atoms with Crippen LogP contribution in [-0.2, 0) is 9.53 Å². The molecule has 0 aromatic rings. The van der Waals surface area contributed by atoms with Crippen LogP contribution in [-0.4, -0.2) is 42.3 Å². The van der Waals surface area contributed by atoms with Gasteiger partial charge in [0.25, 0.3) is 0 Å². The first kappa shape index (κ1) is 11.5. The minimum Gasteiger partial charge on any atom is -0.381 e. The quantitative estimate of drug-likeness (QED) is 0.787. The van der Waals surface area contributed by atoms with Gasteiger partial charge in [-0.1, -0.05) is 12.8 Å². The van der Waals surface area contributed by atoms with Crippen LogP contribution in [0.15, 0.2) is 0 Å². The first-order valence-corrected chi connectivity index (χ1v) is 6.84. The van der Waals surface area contributed by atoms with Crippen molar-refractivity contribution in [1.29, 1.82) is 0 Å². The molecule has 2 saturated carbocycles. The van der Waals surface area contributed by atoms with Gasteiger partial charge in [-0.2, -0.15) is 0 Å². The zero-order chi connectivity index (χ0) is 11.9. The number of carbonyl (C=O) groups is 1. The molecular formula is C13H22N2O2. The van der Waals surface area contributed by atoms with Crippen LogP contribution in [0.3, 0.4) is 0 Å². The molecule has 2 atom stereocenters. The van der Waals surface area contributed by atoms with E-state index in [0.29, 0.717) is 18.1 Å². The zero-order valence-electron chi connectivity index (χ0n) is 10.6. The predicted molar refractivity (Wildman–Crippen MR) is 64.5 cm³/mol. The third-order valence-electron chi connectivity index (χ3n) is 4.85. The van der Waals surface area contributed by atoms with Crippen molar-refractivity contribution in [1.82, 2.24) is 10.2 Å². The highest BCUT2D eigenvalue weighted by atomic mass is 16.5. The molecule has 1 spiro atoms. The third kappa shape index (κ3) is 1.78. The molecular weight excluding hydrogens is 216 g/mol. The van der Waals surface area contributed by atoms with Crippen LogP contribution in [0.1, 0.15) is 44.9 Å². The van der Waals surface area contributed by atoms with E-state index in [1.54, 1.807) is 7.11 Å². The average molecular weight is 238 g/mol. The Morgan fingerprint density at radius 1 is 1.35 bits per heavy atom. The van der Waals surface area contributed by atoms with Crippen LogP contribution >= 0.6 is 0 Å². The second kappa shape index (κ2) is 4.25. The molecule has 0 aromatic heterocycles. The molecule has 3 fully saturated rings. The fourth-order valence-electron chi connectivity index (χ4n) is 3.74. The molecule has 1 amide bonds. The lowest BCUT2D eigenvalue weighted by Crippen LogP contribution is -2.45. The van der Waals surface area contributed by atoms with Gasteiger partial charge in [-0.15, -0.1) is 0 Å².